The van der Waals surface area contributed by atoms with Gasteiger partial charge in [-0.3, -0.25) is 4.79 Å². The summed E-state index contributed by atoms with van der Waals surface area (Å²) in [6, 6.07) is 4.41. The lowest BCUT2D eigenvalue weighted by atomic mass is 9.95. The number of hydrogen-bond donors (Lipinski definition) is 0. The Hall–Kier alpha value is -2.13. The molecule has 0 spiro atoms. The lowest BCUT2D eigenvalue weighted by molar-refractivity contribution is -0.129. The Balaban J connectivity index is 1.42. The van der Waals surface area contributed by atoms with E-state index >= 15 is 0 Å². The molecule has 4 rings (SSSR count). The molecule has 0 aliphatic heterocycles. The molecule has 32 heavy (non-hydrogen) atoms. The molecule has 7 nitrogen and oxygen atoms in total. The van der Waals surface area contributed by atoms with Crippen molar-refractivity contribution in [2.45, 2.75) is 77.0 Å². The third-order valence-corrected chi connectivity index (χ3v) is 7.79. The van der Waals surface area contributed by atoms with E-state index in [0.29, 0.717) is 36.7 Å². The molecule has 3 aromatic rings. The van der Waals surface area contributed by atoms with Gasteiger partial charge in [-0.1, -0.05) is 44.0 Å². The summed E-state index contributed by atoms with van der Waals surface area (Å²) < 4.78 is 8.18. The van der Waals surface area contributed by atoms with E-state index in [1.807, 2.05) is 22.4 Å². The average Bonchev–Trinajstić information content (AvgIpc) is 3.54. The zero-order valence-corrected chi connectivity index (χ0v) is 20.7. The molecule has 0 aromatic carbocycles. The van der Waals surface area contributed by atoms with Crippen LogP contribution in [0.3, 0.4) is 0 Å². The molecule has 3 heterocycles. The van der Waals surface area contributed by atoms with Crippen LogP contribution in [0.15, 0.2) is 27.1 Å². The van der Waals surface area contributed by atoms with E-state index in [9.17, 15) is 4.79 Å². The molecular formula is C23H31N5O2S2. The van der Waals surface area contributed by atoms with Crippen LogP contribution in [0.1, 0.15) is 68.8 Å². The van der Waals surface area contributed by atoms with Gasteiger partial charge < -0.3 is 13.9 Å². The maximum Gasteiger partial charge on any atom is 0.257 e. The number of amides is 1. The number of carbonyl (C=O) groups excluding carboxylic acids is 1. The van der Waals surface area contributed by atoms with Gasteiger partial charge in [-0.05, 0) is 44.6 Å². The second kappa shape index (κ2) is 10.7. The summed E-state index contributed by atoms with van der Waals surface area (Å²) in [6.45, 7) is 7.27. The maximum absolute atomic E-state index is 13.1. The maximum atomic E-state index is 13.1. The number of imidazole rings is 1. The minimum atomic E-state index is 0.0706. The molecule has 9 heteroatoms. The van der Waals surface area contributed by atoms with Crippen LogP contribution in [-0.4, -0.2) is 42.9 Å². The van der Waals surface area contributed by atoms with E-state index in [4.69, 9.17) is 9.40 Å². The van der Waals surface area contributed by atoms with Gasteiger partial charge in [0.25, 0.3) is 5.89 Å². The zero-order chi connectivity index (χ0) is 22.5. The highest BCUT2D eigenvalue weighted by molar-refractivity contribution is 7.99. The van der Waals surface area contributed by atoms with Crippen LogP contribution in [0.4, 0.5) is 0 Å². The zero-order valence-electron chi connectivity index (χ0n) is 19.0. The van der Waals surface area contributed by atoms with E-state index in [0.717, 1.165) is 22.1 Å². The Morgan fingerprint density at radius 2 is 2.09 bits per heavy atom. The quantitative estimate of drug-likeness (QED) is 0.374. The Morgan fingerprint density at radius 1 is 1.28 bits per heavy atom. The van der Waals surface area contributed by atoms with E-state index in [1.54, 1.807) is 23.1 Å². The first kappa shape index (κ1) is 23.0. The number of hydrogen-bond acceptors (Lipinski definition) is 7. The summed E-state index contributed by atoms with van der Waals surface area (Å²) >= 11 is 3.10. The molecule has 1 aliphatic rings. The Bertz CT molecular complexity index is 1020. The highest BCUT2D eigenvalue weighted by Crippen LogP contribution is 2.34. The van der Waals surface area contributed by atoms with Crippen molar-refractivity contribution in [1.29, 1.82) is 0 Å². The van der Waals surface area contributed by atoms with Crippen LogP contribution in [-0.2, 0) is 11.3 Å². The molecule has 0 unspecified atom stereocenters. The number of nitrogens with zero attached hydrogens (tertiary/aromatic N) is 5. The number of carbonyl (C=O) groups is 1. The molecule has 172 valence electrons. The molecule has 1 amide bonds. The second-order valence-electron chi connectivity index (χ2n) is 8.31. The molecule has 3 aromatic heterocycles. The van der Waals surface area contributed by atoms with Crippen molar-refractivity contribution < 1.29 is 9.21 Å². The van der Waals surface area contributed by atoms with Gasteiger partial charge in [0.05, 0.1) is 22.9 Å². The number of thiophene rings is 1. The minimum absolute atomic E-state index is 0.0706. The van der Waals surface area contributed by atoms with Crippen molar-refractivity contribution in [1.82, 2.24) is 24.6 Å². The minimum Gasteiger partial charge on any atom is -0.418 e. The van der Waals surface area contributed by atoms with Gasteiger partial charge in [-0.15, -0.1) is 21.5 Å². The standard InChI is InChI=1S/C23H31N5O2S2/c1-4-12-27(14-20-25-26-22(30-20)19-11-8-13-31-19)21(29)15-32-23-24-16(2)17(3)28(23)18-9-6-5-7-10-18/h8,11,13,18H,4-7,9-10,12,14-15H2,1-3H3. The van der Waals surface area contributed by atoms with Crippen LogP contribution in [0.25, 0.3) is 10.8 Å². The predicted octanol–water partition coefficient (Wildman–Crippen LogP) is 5.65. The van der Waals surface area contributed by atoms with Crippen molar-refractivity contribution in [3.05, 3.63) is 34.8 Å². The first-order valence-corrected chi connectivity index (χ1v) is 13.3. The van der Waals surface area contributed by atoms with Crippen LogP contribution in [0, 0.1) is 13.8 Å². The first-order chi connectivity index (χ1) is 15.6. The topological polar surface area (TPSA) is 77.1 Å². The van der Waals surface area contributed by atoms with Crippen LogP contribution in [0.2, 0.25) is 0 Å². The van der Waals surface area contributed by atoms with Gasteiger partial charge in [-0.2, -0.15) is 0 Å². The summed E-state index contributed by atoms with van der Waals surface area (Å²) in [5.41, 5.74) is 2.28. The van der Waals surface area contributed by atoms with Crippen LogP contribution < -0.4 is 0 Å². The Labute approximate surface area is 197 Å². The van der Waals surface area contributed by atoms with Gasteiger partial charge in [-0.25, -0.2) is 4.98 Å². The van der Waals surface area contributed by atoms with E-state index in [2.05, 4.69) is 35.5 Å². The molecule has 1 saturated carbocycles. The first-order valence-electron chi connectivity index (χ1n) is 11.4. The summed E-state index contributed by atoms with van der Waals surface area (Å²) in [5.74, 6) is 1.40. The Kier molecular flexibility index (Phi) is 7.67. The third-order valence-electron chi connectivity index (χ3n) is 5.99. The van der Waals surface area contributed by atoms with Crippen LogP contribution in [0.5, 0.6) is 0 Å². The fourth-order valence-electron chi connectivity index (χ4n) is 4.23. The van der Waals surface area contributed by atoms with Crippen molar-refractivity contribution in [3.63, 3.8) is 0 Å². The molecule has 0 saturated heterocycles. The van der Waals surface area contributed by atoms with Crippen molar-refractivity contribution in [3.8, 4) is 10.8 Å². The van der Waals surface area contributed by atoms with E-state index in [-0.39, 0.29) is 5.91 Å². The average molecular weight is 474 g/mol. The van der Waals surface area contributed by atoms with Crippen molar-refractivity contribution in [2.75, 3.05) is 12.3 Å². The number of rotatable bonds is 9. The lowest BCUT2D eigenvalue weighted by Gasteiger charge is -2.26. The number of aromatic nitrogens is 4. The smallest absolute Gasteiger partial charge is 0.257 e. The van der Waals surface area contributed by atoms with Crippen molar-refractivity contribution in [2.24, 2.45) is 0 Å². The molecule has 0 bridgehead atoms. The summed E-state index contributed by atoms with van der Waals surface area (Å²) in [6.07, 6.45) is 7.13. The summed E-state index contributed by atoms with van der Waals surface area (Å²) in [5, 5.41) is 11.2. The van der Waals surface area contributed by atoms with Gasteiger partial charge in [0.2, 0.25) is 11.8 Å². The number of thioether (sulfide) groups is 1. The molecule has 1 aliphatic carbocycles. The normalized spacial score (nSPS) is 14.7. The SMILES string of the molecule is CCCN(Cc1nnc(-c2cccs2)o1)C(=O)CSc1nc(C)c(C)n1C1CCCCC1. The third kappa shape index (κ3) is 5.26. The van der Waals surface area contributed by atoms with Gasteiger partial charge in [0, 0.05) is 18.3 Å². The van der Waals surface area contributed by atoms with E-state index < -0.39 is 0 Å². The summed E-state index contributed by atoms with van der Waals surface area (Å²) in [4.78, 5) is 20.6. The largest absolute Gasteiger partial charge is 0.418 e. The monoisotopic (exact) mass is 473 g/mol. The number of aryl methyl sites for hydroxylation is 1. The molecule has 0 atom stereocenters. The highest BCUT2D eigenvalue weighted by atomic mass is 32.2. The van der Waals surface area contributed by atoms with Crippen LogP contribution >= 0.6 is 23.1 Å². The second-order valence-corrected chi connectivity index (χ2v) is 10.2. The van der Waals surface area contributed by atoms with Gasteiger partial charge in [0.1, 0.15) is 0 Å². The fraction of sp³-hybridized carbons (Fsp3) is 0.565. The molecule has 0 N–H and O–H groups in total. The fourth-order valence-corrected chi connectivity index (χ4v) is 5.93. The lowest BCUT2D eigenvalue weighted by Crippen LogP contribution is -2.33. The molecule has 1 fully saturated rings. The predicted molar refractivity (Wildman–Crippen MR) is 128 cm³/mol. The Morgan fingerprint density at radius 3 is 2.81 bits per heavy atom. The highest BCUT2D eigenvalue weighted by Gasteiger charge is 2.24. The molecule has 0 radical (unpaired) electrons. The van der Waals surface area contributed by atoms with Gasteiger partial charge >= 0.3 is 0 Å². The molecular weight excluding hydrogens is 442 g/mol. The van der Waals surface area contributed by atoms with Crippen molar-refractivity contribution >= 4 is 29.0 Å². The summed E-state index contributed by atoms with van der Waals surface area (Å²) in [7, 11) is 0. The van der Waals surface area contributed by atoms with Gasteiger partial charge in [0.15, 0.2) is 5.16 Å². The van der Waals surface area contributed by atoms with E-state index in [1.165, 1.54) is 37.8 Å².